The van der Waals surface area contributed by atoms with Crippen LogP contribution in [0.4, 0.5) is 0 Å². The van der Waals surface area contributed by atoms with Crippen molar-refractivity contribution in [2.24, 2.45) is 10.9 Å². The van der Waals surface area contributed by atoms with Gasteiger partial charge in [0.25, 0.3) is 0 Å². The fraction of sp³-hybridized carbons (Fsp3) is 0.696. The van der Waals surface area contributed by atoms with Crippen molar-refractivity contribution in [2.75, 3.05) is 53.0 Å². The highest BCUT2D eigenvalue weighted by atomic mass is 127. The molecule has 1 aliphatic rings. The van der Waals surface area contributed by atoms with E-state index >= 15 is 0 Å². The molecule has 2 rings (SSSR count). The molecule has 0 amide bonds. The van der Waals surface area contributed by atoms with Gasteiger partial charge in [0, 0.05) is 45.3 Å². The molecule has 1 aliphatic heterocycles. The fourth-order valence-corrected chi connectivity index (χ4v) is 3.66. The summed E-state index contributed by atoms with van der Waals surface area (Å²) in [4.78, 5) is 7.38. The molecule has 0 bridgehead atoms. The zero-order chi connectivity index (χ0) is 20.9. The number of guanidine groups is 1. The minimum absolute atomic E-state index is 0. The number of methoxy groups -OCH3 is 1. The lowest BCUT2D eigenvalue weighted by Gasteiger charge is -2.17. The summed E-state index contributed by atoms with van der Waals surface area (Å²) in [5.41, 5.74) is 2.31. The summed E-state index contributed by atoms with van der Waals surface area (Å²) in [6.45, 7) is 13.9. The Balaban J connectivity index is 0.00000450. The van der Waals surface area contributed by atoms with Crippen LogP contribution in [0.3, 0.4) is 0 Å². The molecule has 0 saturated carbocycles. The number of aliphatic imine (C=N–C) groups is 1. The van der Waals surface area contributed by atoms with E-state index in [0.717, 1.165) is 36.8 Å². The van der Waals surface area contributed by atoms with Gasteiger partial charge in [0.1, 0.15) is 5.75 Å². The van der Waals surface area contributed by atoms with E-state index in [1.54, 1.807) is 7.11 Å². The van der Waals surface area contributed by atoms with E-state index in [4.69, 9.17) is 14.5 Å². The largest absolute Gasteiger partial charge is 0.493 e. The molecule has 0 radical (unpaired) electrons. The third kappa shape index (κ3) is 9.83. The van der Waals surface area contributed by atoms with Crippen molar-refractivity contribution >= 4 is 29.9 Å². The molecule has 2 N–H and O–H groups in total. The molecule has 1 atom stereocenters. The Kier molecular flexibility index (Phi) is 14.1. The second-order valence-corrected chi connectivity index (χ2v) is 7.84. The summed E-state index contributed by atoms with van der Waals surface area (Å²) in [5, 5.41) is 6.91. The van der Waals surface area contributed by atoms with Gasteiger partial charge in [-0.25, -0.2) is 4.99 Å². The molecule has 0 aliphatic carbocycles. The Hall–Kier alpha value is -1.06. The van der Waals surface area contributed by atoms with Gasteiger partial charge < -0.3 is 25.0 Å². The number of benzene rings is 1. The maximum atomic E-state index is 5.99. The van der Waals surface area contributed by atoms with Gasteiger partial charge >= 0.3 is 0 Å². The van der Waals surface area contributed by atoms with Gasteiger partial charge in [-0.05, 0) is 57.3 Å². The maximum absolute atomic E-state index is 5.99. The van der Waals surface area contributed by atoms with Gasteiger partial charge in [-0.2, -0.15) is 0 Å². The number of likely N-dealkylation sites (tertiary alicyclic amines) is 1. The molecular weight excluding hydrogens is 491 g/mol. The van der Waals surface area contributed by atoms with Gasteiger partial charge in [0.15, 0.2) is 5.96 Å². The average molecular weight is 533 g/mol. The second kappa shape index (κ2) is 15.7. The first-order chi connectivity index (χ1) is 14.2. The first-order valence-electron chi connectivity index (χ1n) is 11.1. The van der Waals surface area contributed by atoms with Crippen LogP contribution in [0.1, 0.15) is 44.2 Å². The van der Waals surface area contributed by atoms with Gasteiger partial charge in [-0.3, -0.25) is 0 Å². The third-order valence-electron chi connectivity index (χ3n) is 5.19. The summed E-state index contributed by atoms with van der Waals surface area (Å²) in [6.07, 6.45) is 3.38. The number of nitrogens with zero attached hydrogens (tertiary/aromatic N) is 2. The summed E-state index contributed by atoms with van der Waals surface area (Å²) in [6, 6.07) is 6.33. The number of rotatable bonds is 12. The van der Waals surface area contributed by atoms with Crippen LogP contribution in [-0.2, 0) is 11.3 Å². The molecule has 0 aromatic heterocycles. The zero-order valence-electron chi connectivity index (χ0n) is 19.2. The molecule has 1 saturated heterocycles. The topological polar surface area (TPSA) is 58.1 Å². The molecule has 1 aromatic rings. The van der Waals surface area contributed by atoms with Crippen LogP contribution in [0.15, 0.2) is 23.2 Å². The highest BCUT2D eigenvalue weighted by molar-refractivity contribution is 14.0. The van der Waals surface area contributed by atoms with Crippen molar-refractivity contribution in [3.8, 4) is 5.75 Å². The minimum atomic E-state index is 0. The van der Waals surface area contributed by atoms with E-state index in [-0.39, 0.29) is 24.0 Å². The molecule has 1 unspecified atom stereocenters. The first kappa shape index (κ1) is 27.0. The number of aryl methyl sites for hydroxylation is 1. The van der Waals surface area contributed by atoms with Crippen molar-refractivity contribution in [3.05, 3.63) is 29.3 Å². The van der Waals surface area contributed by atoms with Crippen LogP contribution in [-0.4, -0.2) is 63.9 Å². The number of nitrogens with one attached hydrogen (secondary N) is 2. The summed E-state index contributed by atoms with van der Waals surface area (Å²) in [5.74, 6) is 2.50. The van der Waals surface area contributed by atoms with Crippen molar-refractivity contribution in [1.29, 1.82) is 0 Å². The van der Waals surface area contributed by atoms with Crippen molar-refractivity contribution in [2.45, 2.75) is 46.6 Å². The van der Waals surface area contributed by atoms with E-state index in [2.05, 4.69) is 54.5 Å². The highest BCUT2D eigenvalue weighted by Crippen LogP contribution is 2.21. The summed E-state index contributed by atoms with van der Waals surface area (Å²) < 4.78 is 11.1. The molecule has 172 valence electrons. The first-order valence-corrected chi connectivity index (χ1v) is 11.1. The van der Waals surface area contributed by atoms with E-state index in [1.807, 2.05) is 0 Å². The number of hydrogen-bond acceptors (Lipinski definition) is 4. The molecule has 6 nitrogen and oxygen atoms in total. The van der Waals surface area contributed by atoms with E-state index < -0.39 is 0 Å². The molecule has 1 aromatic carbocycles. The van der Waals surface area contributed by atoms with Crippen LogP contribution in [0.25, 0.3) is 0 Å². The second-order valence-electron chi connectivity index (χ2n) is 7.84. The van der Waals surface area contributed by atoms with Gasteiger partial charge in [0.2, 0.25) is 0 Å². The minimum Gasteiger partial charge on any atom is -0.493 e. The molecule has 1 heterocycles. The zero-order valence-corrected chi connectivity index (χ0v) is 21.5. The number of halogens is 1. The lowest BCUT2D eigenvalue weighted by atomic mass is 10.1. The summed E-state index contributed by atoms with van der Waals surface area (Å²) in [7, 11) is 1.72. The molecule has 30 heavy (non-hydrogen) atoms. The third-order valence-corrected chi connectivity index (χ3v) is 5.19. The maximum Gasteiger partial charge on any atom is 0.191 e. The fourth-order valence-electron chi connectivity index (χ4n) is 3.66. The number of hydrogen-bond donors (Lipinski definition) is 2. The quantitative estimate of drug-likeness (QED) is 0.186. The Morgan fingerprint density at radius 1 is 1.23 bits per heavy atom. The monoisotopic (exact) mass is 532 g/mol. The normalized spacial score (nSPS) is 16.9. The Bertz CT molecular complexity index is 627. The smallest absolute Gasteiger partial charge is 0.191 e. The number of ether oxygens (including phenoxy) is 2. The molecule has 0 spiro atoms. The van der Waals surface area contributed by atoms with Crippen LogP contribution in [0.2, 0.25) is 0 Å². The van der Waals surface area contributed by atoms with Crippen LogP contribution in [0.5, 0.6) is 5.75 Å². The van der Waals surface area contributed by atoms with Gasteiger partial charge in [-0.15, -0.1) is 24.0 Å². The van der Waals surface area contributed by atoms with E-state index in [1.165, 1.54) is 38.0 Å². The van der Waals surface area contributed by atoms with E-state index in [0.29, 0.717) is 25.7 Å². The Morgan fingerprint density at radius 2 is 2.07 bits per heavy atom. The Morgan fingerprint density at radius 3 is 2.80 bits per heavy atom. The van der Waals surface area contributed by atoms with Gasteiger partial charge in [0.05, 0.1) is 13.2 Å². The highest BCUT2D eigenvalue weighted by Gasteiger charge is 2.21. The molecular formula is C23H41IN4O2. The SMILES string of the molecule is CCCN1CCC(CNC(=NCc2ccc(C)cc2OCCCOC)NCC)C1.I. The summed E-state index contributed by atoms with van der Waals surface area (Å²) >= 11 is 0. The van der Waals surface area contributed by atoms with Crippen LogP contribution in [0, 0.1) is 12.8 Å². The van der Waals surface area contributed by atoms with E-state index in [9.17, 15) is 0 Å². The van der Waals surface area contributed by atoms with Crippen molar-refractivity contribution in [1.82, 2.24) is 15.5 Å². The van der Waals surface area contributed by atoms with Crippen molar-refractivity contribution < 1.29 is 9.47 Å². The predicted octanol–water partition coefficient (Wildman–Crippen LogP) is 3.82. The molecule has 1 fully saturated rings. The molecule has 7 heteroatoms. The van der Waals surface area contributed by atoms with Crippen LogP contribution < -0.4 is 15.4 Å². The van der Waals surface area contributed by atoms with Crippen molar-refractivity contribution in [3.63, 3.8) is 0 Å². The van der Waals surface area contributed by atoms with Gasteiger partial charge in [-0.1, -0.05) is 19.1 Å². The average Bonchev–Trinajstić information content (AvgIpc) is 3.16. The predicted molar refractivity (Wildman–Crippen MR) is 136 cm³/mol. The lowest BCUT2D eigenvalue weighted by molar-refractivity contribution is 0.172. The standard InChI is InChI=1S/C23H40N4O2.HI/c1-5-11-27-12-10-20(18-27)16-25-23(24-6-2)26-17-21-9-8-19(3)15-22(21)29-14-7-13-28-4;/h8-9,15,20H,5-7,10-14,16-18H2,1-4H3,(H2,24,25,26);1H. The Labute approximate surface area is 200 Å². The lowest BCUT2D eigenvalue weighted by Crippen LogP contribution is -2.40. The van der Waals surface area contributed by atoms with Crippen LogP contribution >= 0.6 is 24.0 Å².